The lowest BCUT2D eigenvalue weighted by Gasteiger charge is -2.07. The fourth-order valence-corrected chi connectivity index (χ4v) is 2.53. The molecule has 26 heavy (non-hydrogen) atoms. The Balaban J connectivity index is 1.69. The first kappa shape index (κ1) is 17.4. The monoisotopic (exact) mass is 349 g/mol. The minimum absolute atomic E-state index is 0.0794. The van der Waals surface area contributed by atoms with Crippen molar-refractivity contribution in [1.29, 1.82) is 0 Å². The minimum atomic E-state index is -0.219. The van der Waals surface area contributed by atoms with E-state index in [1.165, 1.54) is 6.92 Å². The fourth-order valence-electron chi connectivity index (χ4n) is 2.53. The molecule has 2 amide bonds. The molecule has 3 rings (SSSR count). The standard InChI is InChI=1S/C20H19N3O3/c1-13-18(26-20(21-13)15-7-4-3-5-8-15)12-19(25)23-17-10-6-9-16(11-17)22-14(2)24/h3-11H,12H2,1-2H3,(H,22,24)(H,23,25). The van der Waals surface area contributed by atoms with Gasteiger partial charge in [-0.2, -0.15) is 0 Å². The first-order valence-corrected chi connectivity index (χ1v) is 8.20. The zero-order valence-corrected chi connectivity index (χ0v) is 14.6. The number of benzene rings is 2. The van der Waals surface area contributed by atoms with Crippen LogP contribution in [0.1, 0.15) is 18.4 Å². The number of anilines is 2. The number of nitrogens with one attached hydrogen (secondary N) is 2. The molecule has 0 bridgehead atoms. The Morgan fingerprint density at radius 3 is 2.38 bits per heavy atom. The van der Waals surface area contributed by atoms with E-state index in [9.17, 15) is 9.59 Å². The van der Waals surface area contributed by atoms with E-state index in [1.54, 1.807) is 24.3 Å². The average Bonchev–Trinajstić information content (AvgIpc) is 2.96. The van der Waals surface area contributed by atoms with Gasteiger partial charge in [-0.15, -0.1) is 0 Å². The van der Waals surface area contributed by atoms with E-state index in [1.807, 2.05) is 37.3 Å². The van der Waals surface area contributed by atoms with Crippen molar-refractivity contribution in [2.75, 3.05) is 10.6 Å². The molecule has 132 valence electrons. The van der Waals surface area contributed by atoms with Crippen molar-refractivity contribution < 1.29 is 14.0 Å². The van der Waals surface area contributed by atoms with Gasteiger partial charge in [0.05, 0.1) is 12.1 Å². The van der Waals surface area contributed by atoms with Crippen LogP contribution in [0.25, 0.3) is 11.5 Å². The van der Waals surface area contributed by atoms with Crippen LogP contribution in [0.5, 0.6) is 0 Å². The van der Waals surface area contributed by atoms with Gasteiger partial charge >= 0.3 is 0 Å². The highest BCUT2D eigenvalue weighted by Gasteiger charge is 2.15. The zero-order chi connectivity index (χ0) is 18.5. The third-order valence-corrected chi connectivity index (χ3v) is 3.70. The molecule has 1 heterocycles. The molecule has 0 aliphatic rings. The fraction of sp³-hybridized carbons (Fsp3) is 0.150. The van der Waals surface area contributed by atoms with Gasteiger partial charge in [-0.25, -0.2) is 4.98 Å². The number of oxazole rings is 1. The zero-order valence-electron chi connectivity index (χ0n) is 14.6. The summed E-state index contributed by atoms with van der Waals surface area (Å²) in [5.41, 5.74) is 2.77. The topological polar surface area (TPSA) is 84.2 Å². The molecular weight excluding hydrogens is 330 g/mol. The summed E-state index contributed by atoms with van der Waals surface area (Å²) in [6.45, 7) is 3.25. The van der Waals surface area contributed by atoms with Crippen molar-refractivity contribution in [1.82, 2.24) is 4.98 Å². The largest absolute Gasteiger partial charge is 0.440 e. The summed E-state index contributed by atoms with van der Waals surface area (Å²) in [7, 11) is 0. The van der Waals surface area contributed by atoms with E-state index in [-0.39, 0.29) is 18.2 Å². The van der Waals surface area contributed by atoms with E-state index in [4.69, 9.17) is 4.42 Å². The van der Waals surface area contributed by atoms with Gasteiger partial charge in [-0.1, -0.05) is 24.3 Å². The Labute approximate surface area is 151 Å². The van der Waals surface area contributed by atoms with Crippen LogP contribution >= 0.6 is 0 Å². The summed E-state index contributed by atoms with van der Waals surface area (Å²) in [4.78, 5) is 27.8. The Morgan fingerprint density at radius 2 is 1.69 bits per heavy atom. The Morgan fingerprint density at radius 1 is 1.00 bits per heavy atom. The van der Waals surface area contributed by atoms with Crippen molar-refractivity contribution in [3.05, 3.63) is 66.1 Å². The van der Waals surface area contributed by atoms with Gasteiger partial charge < -0.3 is 15.1 Å². The molecule has 3 aromatic rings. The van der Waals surface area contributed by atoms with E-state index < -0.39 is 0 Å². The summed E-state index contributed by atoms with van der Waals surface area (Å²) in [5.74, 6) is 0.640. The van der Waals surface area contributed by atoms with E-state index in [2.05, 4.69) is 15.6 Å². The van der Waals surface area contributed by atoms with Gasteiger partial charge in [0.15, 0.2) is 0 Å². The molecule has 0 saturated heterocycles. The molecule has 0 unspecified atom stereocenters. The summed E-state index contributed by atoms with van der Waals surface area (Å²) in [6.07, 6.45) is 0.0794. The van der Waals surface area contributed by atoms with Gasteiger partial charge in [-0.05, 0) is 37.3 Å². The van der Waals surface area contributed by atoms with Crippen LogP contribution in [-0.2, 0) is 16.0 Å². The number of amides is 2. The minimum Gasteiger partial charge on any atom is -0.440 e. The quantitative estimate of drug-likeness (QED) is 0.734. The lowest BCUT2D eigenvalue weighted by Crippen LogP contribution is -2.15. The Kier molecular flexibility index (Phi) is 5.12. The molecular formula is C20H19N3O3. The highest BCUT2D eigenvalue weighted by molar-refractivity contribution is 5.94. The molecule has 0 radical (unpaired) electrons. The lowest BCUT2D eigenvalue weighted by atomic mass is 10.2. The van der Waals surface area contributed by atoms with E-state index in [0.29, 0.717) is 28.7 Å². The second kappa shape index (κ2) is 7.65. The number of aryl methyl sites for hydroxylation is 1. The summed E-state index contributed by atoms with van der Waals surface area (Å²) in [6, 6.07) is 16.5. The first-order chi connectivity index (χ1) is 12.5. The maximum atomic E-state index is 12.3. The summed E-state index contributed by atoms with van der Waals surface area (Å²) < 4.78 is 5.76. The number of carbonyl (C=O) groups is 2. The van der Waals surface area contributed by atoms with Gasteiger partial charge in [0, 0.05) is 23.9 Å². The SMILES string of the molecule is CC(=O)Nc1cccc(NC(=O)Cc2oc(-c3ccccc3)nc2C)c1. The molecule has 0 aliphatic carbocycles. The molecule has 0 saturated carbocycles. The Bertz CT molecular complexity index is 932. The van der Waals surface area contributed by atoms with Crippen LogP contribution in [-0.4, -0.2) is 16.8 Å². The number of nitrogens with zero attached hydrogens (tertiary/aromatic N) is 1. The summed E-state index contributed by atoms with van der Waals surface area (Å²) >= 11 is 0. The van der Waals surface area contributed by atoms with Crippen molar-refractivity contribution in [2.45, 2.75) is 20.3 Å². The van der Waals surface area contributed by atoms with E-state index >= 15 is 0 Å². The summed E-state index contributed by atoms with van der Waals surface area (Å²) in [5, 5.41) is 5.48. The number of hydrogen-bond acceptors (Lipinski definition) is 4. The smallest absolute Gasteiger partial charge is 0.232 e. The van der Waals surface area contributed by atoms with Gasteiger partial charge in [0.2, 0.25) is 17.7 Å². The number of aromatic nitrogens is 1. The van der Waals surface area contributed by atoms with Crippen molar-refractivity contribution >= 4 is 23.2 Å². The van der Waals surface area contributed by atoms with Crippen molar-refractivity contribution in [3.63, 3.8) is 0 Å². The lowest BCUT2D eigenvalue weighted by molar-refractivity contribution is -0.116. The van der Waals surface area contributed by atoms with Crippen LogP contribution in [0.15, 0.2) is 59.0 Å². The van der Waals surface area contributed by atoms with Crippen LogP contribution in [0.3, 0.4) is 0 Å². The number of carbonyl (C=O) groups excluding carboxylic acids is 2. The molecule has 6 nitrogen and oxygen atoms in total. The van der Waals surface area contributed by atoms with Crippen LogP contribution < -0.4 is 10.6 Å². The van der Waals surface area contributed by atoms with Crippen LogP contribution in [0.4, 0.5) is 11.4 Å². The molecule has 2 aromatic carbocycles. The molecule has 1 aromatic heterocycles. The highest BCUT2D eigenvalue weighted by Crippen LogP contribution is 2.22. The second-order valence-corrected chi connectivity index (χ2v) is 5.88. The maximum absolute atomic E-state index is 12.3. The predicted octanol–water partition coefficient (Wildman–Crippen LogP) is 3.79. The normalized spacial score (nSPS) is 10.4. The highest BCUT2D eigenvalue weighted by atomic mass is 16.4. The van der Waals surface area contributed by atoms with Gasteiger partial charge in [0.25, 0.3) is 0 Å². The van der Waals surface area contributed by atoms with E-state index in [0.717, 1.165) is 5.56 Å². The molecule has 0 atom stereocenters. The van der Waals surface area contributed by atoms with Crippen LogP contribution in [0, 0.1) is 6.92 Å². The third kappa shape index (κ3) is 4.36. The maximum Gasteiger partial charge on any atom is 0.232 e. The van der Waals surface area contributed by atoms with Gasteiger partial charge in [0.1, 0.15) is 5.76 Å². The number of hydrogen-bond donors (Lipinski definition) is 2. The molecule has 0 fully saturated rings. The van der Waals surface area contributed by atoms with Gasteiger partial charge in [-0.3, -0.25) is 9.59 Å². The van der Waals surface area contributed by atoms with Crippen molar-refractivity contribution in [2.24, 2.45) is 0 Å². The molecule has 0 aliphatic heterocycles. The second-order valence-electron chi connectivity index (χ2n) is 5.88. The Hall–Kier alpha value is -3.41. The molecule has 6 heteroatoms. The average molecular weight is 349 g/mol. The third-order valence-electron chi connectivity index (χ3n) is 3.70. The van der Waals surface area contributed by atoms with Crippen LogP contribution in [0.2, 0.25) is 0 Å². The van der Waals surface area contributed by atoms with Crippen molar-refractivity contribution in [3.8, 4) is 11.5 Å². The molecule has 2 N–H and O–H groups in total. The molecule has 0 spiro atoms. The predicted molar refractivity (Wildman–Crippen MR) is 99.8 cm³/mol. The first-order valence-electron chi connectivity index (χ1n) is 8.20. The number of rotatable bonds is 5.